The van der Waals surface area contributed by atoms with Crippen LogP contribution in [0.15, 0.2) is 12.3 Å². The Labute approximate surface area is 105 Å². The normalized spacial score (nSPS) is 13.2. The summed E-state index contributed by atoms with van der Waals surface area (Å²) in [6, 6.07) is 2.62. The third kappa shape index (κ3) is 4.88. The third-order valence-corrected chi connectivity index (χ3v) is 3.10. The summed E-state index contributed by atoms with van der Waals surface area (Å²) in [5.41, 5.74) is 1.16. The van der Waals surface area contributed by atoms with E-state index in [9.17, 15) is 0 Å². The van der Waals surface area contributed by atoms with Gasteiger partial charge in [0.15, 0.2) is 0 Å². The van der Waals surface area contributed by atoms with Crippen LogP contribution in [0, 0.1) is 0 Å². The minimum atomic E-state index is 0.498. The summed E-state index contributed by atoms with van der Waals surface area (Å²) < 4.78 is 2.07. The van der Waals surface area contributed by atoms with E-state index < -0.39 is 0 Å². The zero-order valence-corrected chi connectivity index (χ0v) is 11.6. The molecule has 1 aromatic heterocycles. The van der Waals surface area contributed by atoms with Crippen LogP contribution in [0.1, 0.15) is 38.4 Å². The van der Waals surface area contributed by atoms with Crippen LogP contribution >= 0.6 is 0 Å². The summed E-state index contributed by atoms with van der Waals surface area (Å²) in [4.78, 5) is 2.32. The molecule has 4 nitrogen and oxygen atoms in total. The lowest BCUT2D eigenvalue weighted by molar-refractivity contribution is 0.314. The average Bonchev–Trinajstić information content (AvgIpc) is 2.77. The molecule has 0 aliphatic carbocycles. The number of hydrogen-bond acceptors (Lipinski definition) is 3. The van der Waals surface area contributed by atoms with Crippen molar-refractivity contribution in [1.29, 1.82) is 0 Å². The summed E-state index contributed by atoms with van der Waals surface area (Å²) in [6.45, 7) is 7.51. The van der Waals surface area contributed by atoms with Crippen LogP contribution in [-0.2, 0) is 6.54 Å². The van der Waals surface area contributed by atoms with Crippen LogP contribution in [0.25, 0.3) is 0 Å². The van der Waals surface area contributed by atoms with Gasteiger partial charge in [0.05, 0.1) is 5.69 Å². The lowest BCUT2D eigenvalue weighted by atomic mass is 10.3. The molecule has 0 radical (unpaired) electrons. The van der Waals surface area contributed by atoms with Crippen molar-refractivity contribution in [3.8, 4) is 0 Å². The molecule has 4 heteroatoms. The number of hydrogen-bond donors (Lipinski definition) is 1. The van der Waals surface area contributed by atoms with Gasteiger partial charge in [-0.05, 0) is 53.0 Å². The van der Waals surface area contributed by atoms with Gasteiger partial charge in [-0.3, -0.25) is 4.68 Å². The Morgan fingerprint density at radius 1 is 1.53 bits per heavy atom. The Kier molecular flexibility index (Phi) is 6.22. The molecule has 0 fully saturated rings. The summed E-state index contributed by atoms with van der Waals surface area (Å²) in [5, 5.41) is 7.78. The van der Waals surface area contributed by atoms with Gasteiger partial charge in [-0.2, -0.15) is 5.10 Å². The first-order chi connectivity index (χ1) is 8.17. The van der Waals surface area contributed by atoms with Gasteiger partial charge in [0.25, 0.3) is 0 Å². The number of rotatable bonds is 8. The Balaban J connectivity index is 2.37. The molecule has 1 atom stereocenters. The van der Waals surface area contributed by atoms with Gasteiger partial charge in [0, 0.05) is 18.8 Å². The average molecular weight is 238 g/mol. The molecule has 0 spiro atoms. The molecule has 0 aromatic carbocycles. The Hall–Kier alpha value is -0.870. The molecular weight excluding hydrogens is 212 g/mol. The fraction of sp³-hybridized carbons (Fsp3) is 0.769. The number of aromatic nitrogens is 2. The largest absolute Gasteiger partial charge is 0.320 e. The first-order valence-corrected chi connectivity index (χ1v) is 6.54. The van der Waals surface area contributed by atoms with Gasteiger partial charge < -0.3 is 10.2 Å². The molecule has 0 amide bonds. The van der Waals surface area contributed by atoms with E-state index >= 15 is 0 Å². The predicted molar refractivity (Wildman–Crippen MR) is 72.1 cm³/mol. The molecule has 98 valence electrons. The molecule has 0 bridgehead atoms. The highest BCUT2D eigenvalue weighted by atomic mass is 15.3. The van der Waals surface area contributed by atoms with E-state index in [1.807, 2.05) is 7.05 Å². The maximum Gasteiger partial charge on any atom is 0.0764 e. The van der Waals surface area contributed by atoms with E-state index in [0.717, 1.165) is 31.7 Å². The molecule has 0 aliphatic rings. The standard InChI is InChI=1S/C13H26N4/c1-5-12(2)17-10-7-13(15-17)11-16(4)9-6-8-14-3/h7,10,12,14H,5-6,8-9,11H2,1-4H3. The van der Waals surface area contributed by atoms with Crippen molar-refractivity contribution in [2.24, 2.45) is 0 Å². The van der Waals surface area contributed by atoms with Crippen LogP contribution in [0.5, 0.6) is 0 Å². The molecule has 1 N–H and O–H groups in total. The Morgan fingerprint density at radius 3 is 2.94 bits per heavy atom. The molecule has 1 unspecified atom stereocenters. The molecular formula is C13H26N4. The summed E-state index contributed by atoms with van der Waals surface area (Å²) in [7, 11) is 4.14. The predicted octanol–water partition coefficient (Wildman–Crippen LogP) is 1.90. The van der Waals surface area contributed by atoms with Crippen LogP contribution < -0.4 is 5.32 Å². The fourth-order valence-electron chi connectivity index (χ4n) is 1.78. The van der Waals surface area contributed by atoms with Crippen LogP contribution in [0.3, 0.4) is 0 Å². The second-order valence-corrected chi connectivity index (χ2v) is 4.74. The molecule has 1 heterocycles. The quantitative estimate of drug-likeness (QED) is 0.702. The van der Waals surface area contributed by atoms with Crippen molar-refractivity contribution < 1.29 is 0 Å². The number of nitrogens with one attached hydrogen (secondary N) is 1. The molecule has 1 aromatic rings. The minimum absolute atomic E-state index is 0.498. The minimum Gasteiger partial charge on any atom is -0.320 e. The number of nitrogens with zero attached hydrogens (tertiary/aromatic N) is 3. The summed E-state index contributed by atoms with van der Waals surface area (Å²) in [5.74, 6) is 0. The van der Waals surface area contributed by atoms with Crippen molar-refractivity contribution in [3.63, 3.8) is 0 Å². The molecule has 0 saturated carbocycles. The van der Waals surface area contributed by atoms with E-state index in [-0.39, 0.29) is 0 Å². The van der Waals surface area contributed by atoms with Crippen molar-refractivity contribution >= 4 is 0 Å². The molecule has 1 rings (SSSR count). The second kappa shape index (κ2) is 7.45. The van der Waals surface area contributed by atoms with E-state index in [0.29, 0.717) is 6.04 Å². The monoisotopic (exact) mass is 238 g/mol. The third-order valence-electron chi connectivity index (χ3n) is 3.10. The van der Waals surface area contributed by atoms with Gasteiger partial charge in [0.1, 0.15) is 0 Å². The highest BCUT2D eigenvalue weighted by molar-refractivity contribution is 4.99. The Bertz CT molecular complexity index is 308. The van der Waals surface area contributed by atoms with Crippen molar-refractivity contribution in [1.82, 2.24) is 20.0 Å². The maximum absolute atomic E-state index is 4.61. The lowest BCUT2D eigenvalue weighted by Crippen LogP contribution is -2.22. The van der Waals surface area contributed by atoms with Crippen LogP contribution in [0.4, 0.5) is 0 Å². The zero-order chi connectivity index (χ0) is 12.7. The molecule has 0 aliphatic heterocycles. The topological polar surface area (TPSA) is 33.1 Å². The maximum atomic E-state index is 4.61. The van der Waals surface area contributed by atoms with Gasteiger partial charge in [-0.25, -0.2) is 0 Å². The van der Waals surface area contributed by atoms with Crippen molar-refractivity contribution in [3.05, 3.63) is 18.0 Å². The fourth-order valence-corrected chi connectivity index (χ4v) is 1.78. The van der Waals surface area contributed by atoms with Crippen LogP contribution in [-0.4, -0.2) is 41.9 Å². The van der Waals surface area contributed by atoms with Crippen LogP contribution in [0.2, 0.25) is 0 Å². The van der Waals surface area contributed by atoms with Gasteiger partial charge in [-0.1, -0.05) is 6.92 Å². The van der Waals surface area contributed by atoms with Crippen molar-refractivity contribution in [2.75, 3.05) is 27.2 Å². The smallest absolute Gasteiger partial charge is 0.0764 e. The van der Waals surface area contributed by atoms with Gasteiger partial charge >= 0.3 is 0 Å². The molecule has 0 saturated heterocycles. The van der Waals surface area contributed by atoms with Crippen molar-refractivity contribution in [2.45, 2.75) is 39.3 Å². The highest BCUT2D eigenvalue weighted by Gasteiger charge is 2.06. The van der Waals surface area contributed by atoms with E-state index in [4.69, 9.17) is 0 Å². The first kappa shape index (κ1) is 14.2. The first-order valence-electron chi connectivity index (χ1n) is 6.54. The molecule has 17 heavy (non-hydrogen) atoms. The summed E-state index contributed by atoms with van der Waals surface area (Å²) >= 11 is 0. The summed E-state index contributed by atoms with van der Waals surface area (Å²) in [6.07, 6.45) is 4.39. The van der Waals surface area contributed by atoms with Gasteiger partial charge in [0.2, 0.25) is 0 Å². The van der Waals surface area contributed by atoms with E-state index in [1.165, 1.54) is 6.42 Å². The lowest BCUT2D eigenvalue weighted by Gasteiger charge is -2.15. The highest BCUT2D eigenvalue weighted by Crippen LogP contribution is 2.10. The van der Waals surface area contributed by atoms with E-state index in [1.54, 1.807) is 0 Å². The zero-order valence-electron chi connectivity index (χ0n) is 11.6. The SMILES string of the molecule is CCC(C)n1ccc(CN(C)CCCNC)n1. The van der Waals surface area contributed by atoms with Gasteiger partial charge in [-0.15, -0.1) is 0 Å². The van der Waals surface area contributed by atoms with E-state index in [2.05, 4.69) is 53.2 Å². The Morgan fingerprint density at radius 2 is 2.29 bits per heavy atom. The second-order valence-electron chi connectivity index (χ2n) is 4.74.